The number of aliphatic hydroxyl groups is 1. The summed E-state index contributed by atoms with van der Waals surface area (Å²) < 4.78 is 0. The van der Waals surface area contributed by atoms with E-state index in [0.717, 1.165) is 19.3 Å². The lowest BCUT2D eigenvalue weighted by molar-refractivity contribution is 0.00788. The highest BCUT2D eigenvalue weighted by Gasteiger charge is 2.24. The van der Waals surface area contributed by atoms with Crippen LogP contribution in [0.1, 0.15) is 149 Å². The Morgan fingerprint density at radius 1 is 0.423 bits per heavy atom. The smallest absolute Gasteiger partial charge is 0.0647 e. The Kier molecular flexibility index (Phi) is 23.0. The maximum Gasteiger partial charge on any atom is 0.0647 e. The second kappa shape index (κ2) is 21.2. The van der Waals surface area contributed by atoms with Gasteiger partial charge in [0.2, 0.25) is 0 Å². The van der Waals surface area contributed by atoms with Gasteiger partial charge in [-0.05, 0) is 19.3 Å². The Labute approximate surface area is 165 Å². The van der Waals surface area contributed by atoms with Gasteiger partial charge in [0.05, 0.1) is 5.60 Å². The summed E-state index contributed by atoms with van der Waals surface area (Å²) >= 11 is 0. The maximum atomic E-state index is 10.9. The third-order valence-electron chi connectivity index (χ3n) is 5.74. The molecule has 0 aliphatic rings. The first-order valence-electron chi connectivity index (χ1n) is 11.9. The molecule has 0 aromatic heterocycles. The summed E-state index contributed by atoms with van der Waals surface area (Å²) in [5, 5.41) is 10.9. The Balaban J connectivity index is 0. The lowest BCUT2D eigenvalue weighted by atomic mass is 9.86. The molecule has 2 nitrogen and oxygen atoms in total. The molecule has 0 aromatic rings. The van der Waals surface area contributed by atoms with Gasteiger partial charge in [0, 0.05) is 0 Å². The van der Waals surface area contributed by atoms with E-state index >= 15 is 0 Å². The Morgan fingerprint density at radius 3 is 1.04 bits per heavy atom. The molecule has 0 bridgehead atoms. The SMILES string of the molecule is CCCCCCCCCCCCCCCC(O)(CCCC)CCCC.O. The minimum atomic E-state index is -0.357. The van der Waals surface area contributed by atoms with Crippen LogP contribution in [0.4, 0.5) is 0 Å². The molecular formula is C24H52O2. The molecule has 0 spiro atoms. The Bertz CT molecular complexity index is 245. The summed E-state index contributed by atoms with van der Waals surface area (Å²) in [7, 11) is 0. The molecular weight excluding hydrogens is 320 g/mol. The van der Waals surface area contributed by atoms with Crippen LogP contribution in [0, 0.1) is 0 Å². The van der Waals surface area contributed by atoms with Crippen LogP contribution in [0.5, 0.6) is 0 Å². The van der Waals surface area contributed by atoms with Crippen LogP contribution >= 0.6 is 0 Å². The summed E-state index contributed by atoms with van der Waals surface area (Å²) in [6, 6.07) is 0. The van der Waals surface area contributed by atoms with Gasteiger partial charge in [0.1, 0.15) is 0 Å². The van der Waals surface area contributed by atoms with Crippen molar-refractivity contribution in [3.8, 4) is 0 Å². The molecule has 0 aromatic carbocycles. The highest BCUT2D eigenvalue weighted by Crippen LogP contribution is 2.27. The normalized spacial score (nSPS) is 11.5. The summed E-state index contributed by atoms with van der Waals surface area (Å²) in [6.07, 6.45) is 26.0. The van der Waals surface area contributed by atoms with Crippen LogP contribution < -0.4 is 0 Å². The maximum absolute atomic E-state index is 10.9. The van der Waals surface area contributed by atoms with E-state index in [0.29, 0.717) is 0 Å². The largest absolute Gasteiger partial charge is 0.412 e. The first kappa shape index (κ1) is 28.1. The quantitative estimate of drug-likeness (QED) is 0.218. The number of hydrogen-bond acceptors (Lipinski definition) is 1. The highest BCUT2D eigenvalue weighted by atomic mass is 16.3. The fraction of sp³-hybridized carbons (Fsp3) is 1.00. The van der Waals surface area contributed by atoms with Crippen molar-refractivity contribution in [2.45, 2.75) is 155 Å². The molecule has 160 valence electrons. The third-order valence-corrected chi connectivity index (χ3v) is 5.74. The van der Waals surface area contributed by atoms with E-state index in [2.05, 4.69) is 20.8 Å². The van der Waals surface area contributed by atoms with Crippen molar-refractivity contribution in [3.05, 3.63) is 0 Å². The number of rotatable bonds is 20. The topological polar surface area (TPSA) is 51.7 Å². The van der Waals surface area contributed by atoms with Gasteiger partial charge in [-0.3, -0.25) is 0 Å². The first-order valence-corrected chi connectivity index (χ1v) is 11.9. The van der Waals surface area contributed by atoms with Crippen molar-refractivity contribution < 1.29 is 10.6 Å². The van der Waals surface area contributed by atoms with E-state index in [1.807, 2.05) is 0 Å². The van der Waals surface area contributed by atoms with Gasteiger partial charge in [-0.25, -0.2) is 0 Å². The van der Waals surface area contributed by atoms with Crippen molar-refractivity contribution >= 4 is 0 Å². The average Bonchev–Trinajstić information content (AvgIpc) is 2.62. The van der Waals surface area contributed by atoms with Crippen molar-refractivity contribution in [1.29, 1.82) is 0 Å². The molecule has 0 radical (unpaired) electrons. The minimum absolute atomic E-state index is 0. The molecule has 0 amide bonds. The molecule has 0 aliphatic carbocycles. The molecule has 26 heavy (non-hydrogen) atoms. The highest BCUT2D eigenvalue weighted by molar-refractivity contribution is 4.78. The van der Waals surface area contributed by atoms with Crippen molar-refractivity contribution in [2.75, 3.05) is 0 Å². The van der Waals surface area contributed by atoms with Gasteiger partial charge in [-0.1, -0.05) is 130 Å². The van der Waals surface area contributed by atoms with Crippen LogP contribution in [-0.4, -0.2) is 16.2 Å². The second-order valence-electron chi connectivity index (χ2n) is 8.42. The lowest BCUT2D eigenvalue weighted by Gasteiger charge is -2.28. The Hall–Kier alpha value is -0.0800. The summed E-state index contributed by atoms with van der Waals surface area (Å²) in [4.78, 5) is 0. The van der Waals surface area contributed by atoms with Gasteiger partial charge < -0.3 is 10.6 Å². The van der Waals surface area contributed by atoms with Crippen molar-refractivity contribution in [2.24, 2.45) is 0 Å². The van der Waals surface area contributed by atoms with E-state index < -0.39 is 0 Å². The van der Waals surface area contributed by atoms with E-state index in [1.54, 1.807) is 0 Å². The van der Waals surface area contributed by atoms with Gasteiger partial charge in [-0.15, -0.1) is 0 Å². The van der Waals surface area contributed by atoms with Gasteiger partial charge >= 0.3 is 0 Å². The zero-order valence-electron chi connectivity index (χ0n) is 18.6. The minimum Gasteiger partial charge on any atom is -0.412 e. The third kappa shape index (κ3) is 18.7. The second-order valence-corrected chi connectivity index (χ2v) is 8.42. The van der Waals surface area contributed by atoms with Gasteiger partial charge in [0.25, 0.3) is 0 Å². The van der Waals surface area contributed by atoms with E-state index in [9.17, 15) is 5.11 Å². The molecule has 0 heterocycles. The van der Waals surface area contributed by atoms with Gasteiger partial charge in [0.15, 0.2) is 0 Å². The van der Waals surface area contributed by atoms with Crippen LogP contribution in [0.3, 0.4) is 0 Å². The van der Waals surface area contributed by atoms with Crippen LogP contribution in [0.2, 0.25) is 0 Å². The summed E-state index contributed by atoms with van der Waals surface area (Å²) in [5.41, 5.74) is -0.357. The summed E-state index contributed by atoms with van der Waals surface area (Å²) in [5.74, 6) is 0. The van der Waals surface area contributed by atoms with Crippen molar-refractivity contribution in [3.63, 3.8) is 0 Å². The first-order chi connectivity index (χ1) is 12.2. The lowest BCUT2D eigenvalue weighted by Crippen LogP contribution is -2.28. The molecule has 0 saturated heterocycles. The fourth-order valence-corrected chi connectivity index (χ4v) is 3.86. The monoisotopic (exact) mass is 372 g/mol. The van der Waals surface area contributed by atoms with Crippen LogP contribution in [0.15, 0.2) is 0 Å². The molecule has 0 atom stereocenters. The summed E-state index contributed by atoms with van der Waals surface area (Å²) in [6.45, 7) is 6.74. The fourth-order valence-electron chi connectivity index (χ4n) is 3.86. The molecule has 0 unspecified atom stereocenters. The molecule has 0 rings (SSSR count). The van der Waals surface area contributed by atoms with Crippen molar-refractivity contribution in [1.82, 2.24) is 0 Å². The van der Waals surface area contributed by atoms with E-state index in [4.69, 9.17) is 0 Å². The van der Waals surface area contributed by atoms with Crippen LogP contribution in [0.25, 0.3) is 0 Å². The number of hydrogen-bond donors (Lipinski definition) is 1. The zero-order valence-corrected chi connectivity index (χ0v) is 18.6. The standard InChI is InChI=1S/C24H50O.H2O/c1-4-7-10-11-12-13-14-15-16-17-18-19-20-23-24(25,21-8-5-2)22-9-6-3;/h25H,4-23H2,1-3H3;1H2. The average molecular weight is 373 g/mol. The van der Waals surface area contributed by atoms with Gasteiger partial charge in [-0.2, -0.15) is 0 Å². The predicted molar refractivity (Wildman–Crippen MR) is 118 cm³/mol. The Morgan fingerprint density at radius 2 is 0.692 bits per heavy atom. The molecule has 0 fully saturated rings. The molecule has 3 N–H and O–H groups in total. The number of unbranched alkanes of at least 4 members (excludes halogenated alkanes) is 14. The molecule has 0 aliphatic heterocycles. The molecule has 0 saturated carbocycles. The predicted octanol–water partition coefficient (Wildman–Crippen LogP) is 7.75. The molecule has 2 heteroatoms. The van der Waals surface area contributed by atoms with E-state index in [1.165, 1.54) is 109 Å². The van der Waals surface area contributed by atoms with Crippen LogP contribution in [-0.2, 0) is 0 Å². The van der Waals surface area contributed by atoms with E-state index in [-0.39, 0.29) is 11.1 Å². The zero-order chi connectivity index (χ0) is 18.6.